The first kappa shape index (κ1) is 10.0. The first-order valence-corrected chi connectivity index (χ1v) is 3.90. The van der Waals surface area contributed by atoms with Gasteiger partial charge in [-0.1, -0.05) is 37.6 Å². The minimum Gasteiger partial charge on any atom is -0.379 e. The van der Waals surface area contributed by atoms with Crippen LogP contribution in [0.4, 0.5) is 0 Å². The molecule has 11 heavy (non-hydrogen) atoms. The Morgan fingerprint density at radius 3 is 2.64 bits per heavy atom. The highest BCUT2D eigenvalue weighted by atomic mass is 32.2. The van der Waals surface area contributed by atoms with E-state index in [0.717, 1.165) is 4.91 Å². The molecular formula is C8H12N2S. The van der Waals surface area contributed by atoms with Crippen LogP contribution in [0.25, 0.3) is 0 Å². The van der Waals surface area contributed by atoms with Gasteiger partial charge < -0.3 is 5.32 Å². The van der Waals surface area contributed by atoms with E-state index in [0.29, 0.717) is 5.03 Å². The van der Waals surface area contributed by atoms with E-state index in [4.69, 9.17) is 0 Å². The largest absolute Gasteiger partial charge is 0.379 e. The van der Waals surface area contributed by atoms with Crippen molar-refractivity contribution in [1.82, 2.24) is 5.32 Å². The second-order valence-electron chi connectivity index (χ2n) is 1.71. The highest BCUT2D eigenvalue weighted by Gasteiger charge is 1.91. The summed E-state index contributed by atoms with van der Waals surface area (Å²) in [5, 5.41) is 3.47. The quantitative estimate of drug-likeness (QED) is 0.386. The zero-order chi connectivity index (χ0) is 8.69. The van der Waals surface area contributed by atoms with Crippen molar-refractivity contribution in [2.24, 2.45) is 4.99 Å². The molecule has 0 bridgehead atoms. The summed E-state index contributed by atoms with van der Waals surface area (Å²) >= 11 is 1.39. The molecule has 1 N–H and O–H groups in total. The van der Waals surface area contributed by atoms with Gasteiger partial charge >= 0.3 is 0 Å². The van der Waals surface area contributed by atoms with Gasteiger partial charge in [0.2, 0.25) is 0 Å². The molecule has 0 amide bonds. The van der Waals surface area contributed by atoms with Crippen LogP contribution in [0.5, 0.6) is 0 Å². The molecule has 0 atom stereocenters. The molecule has 0 aliphatic rings. The van der Waals surface area contributed by atoms with E-state index in [-0.39, 0.29) is 0 Å². The van der Waals surface area contributed by atoms with Crippen LogP contribution >= 0.6 is 11.8 Å². The number of thioether (sulfide) groups is 1. The normalized spacial score (nSPS) is 9.55. The van der Waals surface area contributed by atoms with Gasteiger partial charge in [-0.05, 0) is 0 Å². The fourth-order valence-corrected chi connectivity index (χ4v) is 0.847. The van der Waals surface area contributed by atoms with Crippen molar-refractivity contribution in [1.29, 1.82) is 0 Å². The molecule has 0 aliphatic carbocycles. The van der Waals surface area contributed by atoms with Gasteiger partial charge in [0, 0.05) is 12.0 Å². The molecule has 0 aromatic rings. The Labute approximate surface area is 71.8 Å². The second-order valence-corrected chi connectivity index (χ2v) is 2.91. The van der Waals surface area contributed by atoms with Crippen molar-refractivity contribution < 1.29 is 0 Å². The lowest BCUT2D eigenvalue weighted by molar-refractivity contribution is 1.20. The summed E-state index contributed by atoms with van der Waals surface area (Å²) in [6.07, 6.45) is 3.25. The number of aliphatic imine (C=N–C) groups is 1. The van der Waals surface area contributed by atoms with Gasteiger partial charge in [-0.2, -0.15) is 0 Å². The number of nitrogens with zero attached hydrogens (tertiary/aromatic N) is 1. The van der Waals surface area contributed by atoms with Crippen molar-refractivity contribution in [3.8, 4) is 0 Å². The molecule has 2 nitrogen and oxygen atoms in total. The highest BCUT2D eigenvalue weighted by Crippen LogP contribution is 2.22. The topological polar surface area (TPSA) is 24.4 Å². The van der Waals surface area contributed by atoms with Crippen LogP contribution in [0.2, 0.25) is 0 Å². The predicted molar refractivity (Wildman–Crippen MR) is 53.6 cm³/mol. The summed E-state index contributed by atoms with van der Waals surface area (Å²) in [5.41, 5.74) is 0. The van der Waals surface area contributed by atoms with Crippen LogP contribution in [0.15, 0.2) is 40.7 Å². The molecule has 60 valence electrons. The lowest BCUT2D eigenvalue weighted by atomic mass is 10.6. The average molecular weight is 168 g/mol. The molecule has 3 heteroatoms. The Morgan fingerprint density at radius 1 is 1.55 bits per heavy atom. The second kappa shape index (κ2) is 5.80. The molecule has 0 spiro atoms. The van der Waals surface area contributed by atoms with Gasteiger partial charge in [0.05, 0.1) is 11.4 Å². The summed E-state index contributed by atoms with van der Waals surface area (Å²) in [4.78, 5) is 4.80. The van der Waals surface area contributed by atoms with E-state index in [9.17, 15) is 0 Å². The maximum atomic E-state index is 3.95. The van der Waals surface area contributed by atoms with E-state index in [2.05, 4.69) is 30.0 Å². The lowest BCUT2D eigenvalue weighted by Gasteiger charge is -1.96. The van der Waals surface area contributed by atoms with E-state index in [1.807, 2.05) is 0 Å². The third kappa shape index (κ3) is 5.48. The Hall–Kier alpha value is -0.960. The highest BCUT2D eigenvalue weighted by molar-refractivity contribution is 8.06. The SMILES string of the molecule is C=CC(=C)SC(=C)/N=C\NC. The standard InChI is InChI=1S/C8H12N2S/c1-5-7(2)11-8(3)10-6-9-4/h5-6H,1-3H2,4H3,(H,9,10). The van der Waals surface area contributed by atoms with Gasteiger partial charge in [-0.25, -0.2) is 4.99 Å². The van der Waals surface area contributed by atoms with Gasteiger partial charge in [0.1, 0.15) is 0 Å². The number of rotatable bonds is 5. The van der Waals surface area contributed by atoms with Crippen LogP contribution in [0.3, 0.4) is 0 Å². The van der Waals surface area contributed by atoms with Crippen LogP contribution < -0.4 is 5.32 Å². The van der Waals surface area contributed by atoms with Crippen molar-refractivity contribution in [2.45, 2.75) is 0 Å². The zero-order valence-corrected chi connectivity index (χ0v) is 7.45. The summed E-state index contributed by atoms with van der Waals surface area (Å²) in [5.74, 6) is 0. The first-order chi connectivity index (χ1) is 5.20. The lowest BCUT2D eigenvalue weighted by Crippen LogP contribution is -1.99. The molecule has 0 aromatic heterocycles. The molecule has 0 rings (SSSR count). The molecule has 0 radical (unpaired) electrons. The molecule has 0 fully saturated rings. The number of hydrogen-bond donors (Lipinski definition) is 1. The molecule has 0 heterocycles. The molecule has 0 unspecified atom stereocenters. The van der Waals surface area contributed by atoms with Crippen molar-refractivity contribution in [3.63, 3.8) is 0 Å². The van der Waals surface area contributed by atoms with Crippen molar-refractivity contribution >= 4 is 18.1 Å². The maximum absolute atomic E-state index is 3.95. The minimum atomic E-state index is 0.698. The first-order valence-electron chi connectivity index (χ1n) is 3.08. The summed E-state index contributed by atoms with van der Waals surface area (Å²) in [6.45, 7) is 11.0. The maximum Gasteiger partial charge on any atom is 0.0953 e. The third-order valence-electron chi connectivity index (χ3n) is 0.814. The van der Waals surface area contributed by atoms with E-state index < -0.39 is 0 Å². The van der Waals surface area contributed by atoms with Gasteiger partial charge in [-0.15, -0.1) is 0 Å². The Morgan fingerprint density at radius 2 is 2.18 bits per heavy atom. The fraction of sp³-hybridized carbons (Fsp3) is 0.125. The van der Waals surface area contributed by atoms with Crippen molar-refractivity contribution in [2.75, 3.05) is 7.05 Å². The molecule has 0 aromatic carbocycles. The third-order valence-corrected chi connectivity index (χ3v) is 1.58. The van der Waals surface area contributed by atoms with Crippen LogP contribution in [0.1, 0.15) is 0 Å². The summed E-state index contributed by atoms with van der Waals surface area (Å²) < 4.78 is 0. The Bertz CT molecular complexity index is 194. The zero-order valence-electron chi connectivity index (χ0n) is 6.63. The predicted octanol–water partition coefficient (Wildman–Crippen LogP) is 2.14. The van der Waals surface area contributed by atoms with Crippen LogP contribution in [-0.2, 0) is 0 Å². The van der Waals surface area contributed by atoms with Gasteiger partial charge in [0.25, 0.3) is 0 Å². The van der Waals surface area contributed by atoms with Crippen LogP contribution in [-0.4, -0.2) is 13.4 Å². The molecule has 0 aliphatic heterocycles. The number of nitrogens with one attached hydrogen (secondary N) is 1. The monoisotopic (exact) mass is 168 g/mol. The van der Waals surface area contributed by atoms with Gasteiger partial charge in [-0.3, -0.25) is 0 Å². The summed E-state index contributed by atoms with van der Waals surface area (Å²) in [6, 6.07) is 0. The summed E-state index contributed by atoms with van der Waals surface area (Å²) in [7, 11) is 1.78. The Kier molecular flexibility index (Phi) is 5.29. The smallest absolute Gasteiger partial charge is 0.0953 e. The van der Waals surface area contributed by atoms with E-state index >= 15 is 0 Å². The minimum absolute atomic E-state index is 0.698. The van der Waals surface area contributed by atoms with E-state index in [1.54, 1.807) is 19.5 Å². The molecular weight excluding hydrogens is 156 g/mol. The Balaban J connectivity index is 3.78. The molecule has 0 saturated carbocycles. The fourth-order valence-electron chi connectivity index (χ4n) is 0.356. The number of hydrogen-bond acceptors (Lipinski definition) is 2. The van der Waals surface area contributed by atoms with Crippen LogP contribution in [0, 0.1) is 0 Å². The van der Waals surface area contributed by atoms with Crippen molar-refractivity contribution in [3.05, 3.63) is 35.7 Å². The van der Waals surface area contributed by atoms with E-state index in [1.165, 1.54) is 11.8 Å². The number of allylic oxidation sites excluding steroid dienone is 1. The van der Waals surface area contributed by atoms with Gasteiger partial charge in [0.15, 0.2) is 0 Å². The molecule has 0 saturated heterocycles. The average Bonchev–Trinajstić information content (AvgIpc) is 2.00.